The Balaban J connectivity index is 2.29. The van der Waals surface area contributed by atoms with Crippen molar-refractivity contribution in [1.82, 2.24) is 24.5 Å². The molecule has 0 bridgehead atoms. The molecule has 0 aliphatic rings. The lowest BCUT2D eigenvalue weighted by atomic mass is 10.4. The van der Waals surface area contributed by atoms with Gasteiger partial charge >= 0.3 is 0 Å². The molecule has 0 atom stereocenters. The molecule has 0 saturated heterocycles. The van der Waals surface area contributed by atoms with Crippen molar-refractivity contribution < 1.29 is 0 Å². The standard InChI is InChI=1S/C7H9N5S/c1-11-6(2-3-9-11)4-12-5-8-10-7(12)13/h2-3,5H,4H2,1H3,(H,10,13). The number of H-pyrrole nitrogens is 1. The normalized spacial score (nSPS) is 10.5. The molecule has 6 heteroatoms. The van der Waals surface area contributed by atoms with Crippen molar-refractivity contribution in [3.05, 3.63) is 29.1 Å². The second kappa shape index (κ2) is 3.14. The monoisotopic (exact) mass is 195 g/mol. The van der Waals surface area contributed by atoms with E-state index in [1.165, 1.54) is 0 Å². The summed E-state index contributed by atoms with van der Waals surface area (Å²) >= 11 is 5.02. The summed E-state index contributed by atoms with van der Waals surface area (Å²) in [5.41, 5.74) is 1.09. The van der Waals surface area contributed by atoms with Crippen molar-refractivity contribution in [3.63, 3.8) is 0 Å². The van der Waals surface area contributed by atoms with Gasteiger partial charge in [-0.05, 0) is 18.3 Å². The number of aryl methyl sites for hydroxylation is 1. The summed E-state index contributed by atoms with van der Waals surface area (Å²) in [4.78, 5) is 0. The Morgan fingerprint density at radius 3 is 3.00 bits per heavy atom. The molecule has 0 amide bonds. The molecule has 68 valence electrons. The SMILES string of the molecule is Cn1nccc1Cn1cn[nH]c1=S. The van der Waals surface area contributed by atoms with E-state index in [1.807, 2.05) is 22.4 Å². The molecule has 2 aromatic heterocycles. The molecular formula is C7H9N5S. The Kier molecular flexibility index (Phi) is 1.97. The van der Waals surface area contributed by atoms with Crippen LogP contribution in [0.25, 0.3) is 0 Å². The lowest BCUT2D eigenvalue weighted by molar-refractivity contribution is 0.661. The van der Waals surface area contributed by atoms with E-state index < -0.39 is 0 Å². The summed E-state index contributed by atoms with van der Waals surface area (Å²) in [5.74, 6) is 0. The van der Waals surface area contributed by atoms with Crippen LogP contribution in [0.1, 0.15) is 5.69 Å². The van der Waals surface area contributed by atoms with E-state index in [1.54, 1.807) is 12.5 Å². The predicted octanol–water partition coefficient (Wildman–Crippen LogP) is 0.722. The fourth-order valence-corrected chi connectivity index (χ4v) is 1.28. The molecule has 0 saturated carbocycles. The van der Waals surface area contributed by atoms with Gasteiger partial charge in [-0.25, -0.2) is 0 Å². The highest BCUT2D eigenvalue weighted by Gasteiger charge is 2.00. The average molecular weight is 195 g/mol. The third-order valence-electron chi connectivity index (χ3n) is 1.87. The third-order valence-corrected chi connectivity index (χ3v) is 2.20. The Morgan fingerprint density at radius 1 is 1.62 bits per heavy atom. The quantitative estimate of drug-likeness (QED) is 0.718. The van der Waals surface area contributed by atoms with Gasteiger partial charge in [-0.1, -0.05) is 0 Å². The van der Waals surface area contributed by atoms with Crippen LogP contribution in [0, 0.1) is 4.77 Å². The maximum atomic E-state index is 5.02. The van der Waals surface area contributed by atoms with Crippen molar-refractivity contribution in [2.45, 2.75) is 6.54 Å². The Hall–Kier alpha value is -1.43. The molecular weight excluding hydrogens is 186 g/mol. The summed E-state index contributed by atoms with van der Waals surface area (Å²) in [6.45, 7) is 0.700. The summed E-state index contributed by atoms with van der Waals surface area (Å²) in [7, 11) is 1.90. The van der Waals surface area contributed by atoms with Gasteiger partial charge in [-0.15, -0.1) is 0 Å². The maximum Gasteiger partial charge on any atom is 0.195 e. The van der Waals surface area contributed by atoms with Gasteiger partial charge in [0.15, 0.2) is 4.77 Å². The largest absolute Gasteiger partial charge is 0.301 e. The first kappa shape index (κ1) is 8.18. The number of hydrogen-bond donors (Lipinski definition) is 1. The number of nitrogens with zero attached hydrogens (tertiary/aromatic N) is 4. The lowest BCUT2D eigenvalue weighted by Gasteiger charge is -2.01. The van der Waals surface area contributed by atoms with Crippen LogP contribution in [0.3, 0.4) is 0 Å². The zero-order valence-corrected chi connectivity index (χ0v) is 7.95. The fraction of sp³-hybridized carbons (Fsp3) is 0.286. The van der Waals surface area contributed by atoms with E-state index in [-0.39, 0.29) is 0 Å². The molecule has 0 aliphatic carbocycles. The minimum Gasteiger partial charge on any atom is -0.301 e. The highest BCUT2D eigenvalue weighted by Crippen LogP contribution is 1.99. The summed E-state index contributed by atoms with van der Waals surface area (Å²) in [5, 5.41) is 10.6. The first-order valence-electron chi connectivity index (χ1n) is 3.84. The minimum absolute atomic E-state index is 0.626. The van der Waals surface area contributed by atoms with Crippen LogP contribution in [0.5, 0.6) is 0 Å². The molecule has 2 heterocycles. The van der Waals surface area contributed by atoms with Crippen LogP contribution >= 0.6 is 12.2 Å². The van der Waals surface area contributed by atoms with Crippen molar-refractivity contribution in [3.8, 4) is 0 Å². The summed E-state index contributed by atoms with van der Waals surface area (Å²) in [6, 6.07) is 1.95. The Labute approximate surface area is 80.0 Å². The first-order chi connectivity index (χ1) is 6.27. The molecule has 2 rings (SSSR count). The highest BCUT2D eigenvalue weighted by molar-refractivity contribution is 7.71. The zero-order valence-electron chi connectivity index (χ0n) is 7.14. The first-order valence-corrected chi connectivity index (χ1v) is 4.25. The molecule has 13 heavy (non-hydrogen) atoms. The molecule has 0 radical (unpaired) electrons. The number of nitrogens with one attached hydrogen (secondary N) is 1. The smallest absolute Gasteiger partial charge is 0.195 e. The topological polar surface area (TPSA) is 51.4 Å². The van der Waals surface area contributed by atoms with Crippen LogP contribution in [0.4, 0.5) is 0 Å². The highest BCUT2D eigenvalue weighted by atomic mass is 32.1. The lowest BCUT2D eigenvalue weighted by Crippen LogP contribution is -2.04. The number of hydrogen-bond acceptors (Lipinski definition) is 3. The predicted molar refractivity (Wildman–Crippen MR) is 49.7 cm³/mol. The van der Waals surface area contributed by atoms with Gasteiger partial charge in [0, 0.05) is 13.2 Å². The van der Waals surface area contributed by atoms with Crippen LogP contribution < -0.4 is 0 Å². The van der Waals surface area contributed by atoms with Gasteiger partial charge < -0.3 is 4.57 Å². The average Bonchev–Trinajstić information content (AvgIpc) is 2.65. The van der Waals surface area contributed by atoms with Crippen molar-refractivity contribution in [1.29, 1.82) is 0 Å². The van der Waals surface area contributed by atoms with Crippen molar-refractivity contribution >= 4 is 12.2 Å². The van der Waals surface area contributed by atoms with E-state index in [0.717, 1.165) is 5.69 Å². The minimum atomic E-state index is 0.626. The van der Waals surface area contributed by atoms with Gasteiger partial charge in [-0.2, -0.15) is 10.2 Å². The van der Waals surface area contributed by atoms with E-state index in [9.17, 15) is 0 Å². The van der Waals surface area contributed by atoms with Crippen molar-refractivity contribution in [2.24, 2.45) is 7.05 Å². The van der Waals surface area contributed by atoms with Crippen LogP contribution in [0.2, 0.25) is 0 Å². The van der Waals surface area contributed by atoms with Crippen LogP contribution in [0.15, 0.2) is 18.6 Å². The molecule has 2 aromatic rings. The molecule has 5 nitrogen and oxygen atoms in total. The zero-order chi connectivity index (χ0) is 9.26. The van der Waals surface area contributed by atoms with Gasteiger partial charge in [0.05, 0.1) is 12.2 Å². The molecule has 0 fully saturated rings. The van der Waals surface area contributed by atoms with Gasteiger partial charge in [0.25, 0.3) is 0 Å². The second-order valence-electron chi connectivity index (χ2n) is 2.74. The van der Waals surface area contributed by atoms with Crippen LogP contribution in [-0.4, -0.2) is 24.5 Å². The van der Waals surface area contributed by atoms with Gasteiger partial charge in [0.2, 0.25) is 0 Å². The third kappa shape index (κ3) is 1.52. The van der Waals surface area contributed by atoms with Crippen molar-refractivity contribution in [2.75, 3.05) is 0 Å². The summed E-state index contributed by atoms with van der Waals surface area (Å²) < 4.78 is 4.29. The van der Waals surface area contributed by atoms with Gasteiger partial charge in [0.1, 0.15) is 6.33 Å². The molecule has 0 unspecified atom stereocenters. The Bertz CT molecular complexity index is 451. The van der Waals surface area contributed by atoms with E-state index in [2.05, 4.69) is 15.3 Å². The number of rotatable bonds is 2. The molecule has 0 aromatic carbocycles. The second-order valence-corrected chi connectivity index (χ2v) is 3.12. The van der Waals surface area contributed by atoms with E-state index in [0.29, 0.717) is 11.3 Å². The van der Waals surface area contributed by atoms with Gasteiger partial charge in [-0.3, -0.25) is 9.78 Å². The fourth-order valence-electron chi connectivity index (χ4n) is 1.11. The molecule has 0 spiro atoms. The Morgan fingerprint density at radius 2 is 2.46 bits per heavy atom. The van der Waals surface area contributed by atoms with Crippen LogP contribution in [-0.2, 0) is 13.6 Å². The molecule has 1 N–H and O–H groups in total. The number of aromatic amines is 1. The molecule has 0 aliphatic heterocycles. The van der Waals surface area contributed by atoms with E-state index >= 15 is 0 Å². The van der Waals surface area contributed by atoms with E-state index in [4.69, 9.17) is 12.2 Å². The number of aromatic nitrogens is 5. The summed E-state index contributed by atoms with van der Waals surface area (Å²) in [6.07, 6.45) is 3.44. The maximum absolute atomic E-state index is 5.02.